The monoisotopic (exact) mass is 259 g/mol. The minimum Gasteiger partial charge on any atom is -0.497 e. The van der Waals surface area contributed by atoms with E-state index in [1.54, 1.807) is 7.11 Å². The Kier molecular flexibility index (Phi) is 4.07. The summed E-state index contributed by atoms with van der Waals surface area (Å²) >= 11 is 0. The molecule has 0 aliphatic heterocycles. The van der Waals surface area contributed by atoms with Crippen LogP contribution in [0.1, 0.15) is 44.1 Å². The maximum atomic E-state index is 5.28. The normalized spacial score (nSPS) is 27.2. The molecule has 2 unspecified atom stereocenters. The lowest BCUT2D eigenvalue weighted by Crippen LogP contribution is -2.34. The first-order chi connectivity index (χ1) is 9.35. The van der Waals surface area contributed by atoms with Crippen molar-refractivity contribution < 1.29 is 4.74 Å². The molecule has 1 aromatic rings. The highest BCUT2D eigenvalue weighted by molar-refractivity contribution is 5.28. The van der Waals surface area contributed by atoms with Crippen molar-refractivity contribution in [1.82, 2.24) is 5.32 Å². The highest BCUT2D eigenvalue weighted by atomic mass is 16.5. The van der Waals surface area contributed by atoms with E-state index in [1.807, 2.05) is 6.07 Å². The van der Waals surface area contributed by atoms with Crippen LogP contribution in [0.2, 0.25) is 0 Å². The first kappa shape index (κ1) is 13.0. The summed E-state index contributed by atoms with van der Waals surface area (Å²) in [6, 6.07) is 9.12. The molecule has 19 heavy (non-hydrogen) atoms. The van der Waals surface area contributed by atoms with Crippen LogP contribution in [0.5, 0.6) is 5.75 Å². The fourth-order valence-electron chi connectivity index (χ4n) is 3.45. The van der Waals surface area contributed by atoms with Crippen LogP contribution in [0.15, 0.2) is 24.3 Å². The van der Waals surface area contributed by atoms with Gasteiger partial charge in [-0.3, -0.25) is 0 Å². The quantitative estimate of drug-likeness (QED) is 0.869. The second-order valence-corrected chi connectivity index (χ2v) is 6.19. The van der Waals surface area contributed by atoms with Gasteiger partial charge in [0.2, 0.25) is 0 Å². The van der Waals surface area contributed by atoms with Gasteiger partial charge in [-0.15, -0.1) is 0 Å². The van der Waals surface area contributed by atoms with Gasteiger partial charge in [-0.25, -0.2) is 0 Å². The number of hydrogen-bond donors (Lipinski definition) is 1. The zero-order chi connectivity index (χ0) is 13.1. The van der Waals surface area contributed by atoms with Gasteiger partial charge in [0.05, 0.1) is 7.11 Å². The van der Waals surface area contributed by atoms with E-state index in [-0.39, 0.29) is 0 Å². The second-order valence-electron chi connectivity index (χ2n) is 6.19. The van der Waals surface area contributed by atoms with Crippen LogP contribution in [-0.4, -0.2) is 13.2 Å². The number of benzene rings is 1. The molecule has 1 aromatic carbocycles. The molecule has 2 fully saturated rings. The van der Waals surface area contributed by atoms with Crippen molar-refractivity contribution in [2.75, 3.05) is 7.11 Å². The maximum Gasteiger partial charge on any atom is 0.119 e. The molecule has 2 heteroatoms. The van der Waals surface area contributed by atoms with Crippen molar-refractivity contribution >= 4 is 0 Å². The van der Waals surface area contributed by atoms with Gasteiger partial charge in [0.1, 0.15) is 5.75 Å². The second kappa shape index (κ2) is 5.96. The van der Waals surface area contributed by atoms with Gasteiger partial charge in [-0.1, -0.05) is 25.0 Å². The average molecular weight is 259 g/mol. The van der Waals surface area contributed by atoms with Gasteiger partial charge in [-0.05, 0) is 55.2 Å². The summed E-state index contributed by atoms with van der Waals surface area (Å²) in [5, 5.41) is 3.75. The first-order valence-corrected chi connectivity index (χ1v) is 7.71. The molecule has 3 rings (SSSR count). The topological polar surface area (TPSA) is 21.3 Å². The summed E-state index contributed by atoms with van der Waals surface area (Å²) in [5.41, 5.74) is 1.33. The Morgan fingerprint density at radius 2 is 2.05 bits per heavy atom. The Labute approximate surface area is 116 Å². The van der Waals surface area contributed by atoms with E-state index in [4.69, 9.17) is 4.74 Å². The molecule has 0 bridgehead atoms. The molecule has 2 atom stereocenters. The Hall–Kier alpha value is -1.02. The average Bonchev–Trinajstić information content (AvgIpc) is 3.30. The molecule has 2 nitrogen and oxygen atoms in total. The molecule has 0 heterocycles. The predicted octanol–water partition coefficient (Wildman–Crippen LogP) is 3.75. The number of ether oxygens (including phenoxy) is 1. The lowest BCUT2D eigenvalue weighted by molar-refractivity contribution is 0.260. The zero-order valence-electron chi connectivity index (χ0n) is 11.9. The molecule has 2 aliphatic rings. The Morgan fingerprint density at radius 1 is 1.16 bits per heavy atom. The lowest BCUT2D eigenvalue weighted by Gasteiger charge is -2.30. The zero-order valence-corrected chi connectivity index (χ0v) is 11.9. The van der Waals surface area contributed by atoms with Crippen molar-refractivity contribution in [3.05, 3.63) is 29.8 Å². The highest BCUT2D eigenvalue weighted by Crippen LogP contribution is 2.43. The fraction of sp³-hybridized carbons (Fsp3) is 0.647. The highest BCUT2D eigenvalue weighted by Gasteiger charge is 2.34. The third-order valence-corrected chi connectivity index (χ3v) is 4.73. The van der Waals surface area contributed by atoms with E-state index in [0.29, 0.717) is 0 Å². The summed E-state index contributed by atoms with van der Waals surface area (Å²) in [6.07, 6.45) is 8.63. The van der Waals surface area contributed by atoms with Crippen LogP contribution in [0.4, 0.5) is 0 Å². The molecule has 2 aliphatic carbocycles. The Morgan fingerprint density at radius 3 is 2.84 bits per heavy atom. The summed E-state index contributed by atoms with van der Waals surface area (Å²) in [7, 11) is 1.73. The van der Waals surface area contributed by atoms with Crippen molar-refractivity contribution in [2.24, 2.45) is 11.8 Å². The summed E-state index contributed by atoms with van der Waals surface area (Å²) in [6.45, 7) is 0.971. The van der Waals surface area contributed by atoms with E-state index in [9.17, 15) is 0 Å². The molecular formula is C17H25NO. The van der Waals surface area contributed by atoms with Gasteiger partial charge in [0.25, 0.3) is 0 Å². The van der Waals surface area contributed by atoms with Crippen LogP contribution in [-0.2, 0) is 6.54 Å². The minimum absolute atomic E-state index is 0.727. The van der Waals surface area contributed by atoms with E-state index < -0.39 is 0 Å². The number of nitrogens with one attached hydrogen (secondary N) is 1. The minimum atomic E-state index is 0.727. The number of methoxy groups -OCH3 is 1. The predicted molar refractivity (Wildman–Crippen MR) is 78.3 cm³/mol. The van der Waals surface area contributed by atoms with Crippen LogP contribution in [0.25, 0.3) is 0 Å². The van der Waals surface area contributed by atoms with Crippen molar-refractivity contribution in [3.8, 4) is 5.75 Å². The van der Waals surface area contributed by atoms with E-state index in [1.165, 1.54) is 44.1 Å². The van der Waals surface area contributed by atoms with E-state index in [0.717, 1.165) is 30.2 Å². The van der Waals surface area contributed by atoms with Crippen molar-refractivity contribution in [2.45, 2.75) is 51.1 Å². The van der Waals surface area contributed by atoms with Gasteiger partial charge < -0.3 is 10.1 Å². The molecule has 0 spiro atoms. The maximum absolute atomic E-state index is 5.28. The number of hydrogen-bond acceptors (Lipinski definition) is 2. The Balaban J connectivity index is 1.50. The molecule has 0 amide bonds. The van der Waals surface area contributed by atoms with Crippen LogP contribution in [0.3, 0.4) is 0 Å². The lowest BCUT2D eigenvalue weighted by atomic mass is 9.82. The first-order valence-electron chi connectivity index (χ1n) is 7.71. The van der Waals surface area contributed by atoms with Gasteiger partial charge in [-0.2, -0.15) is 0 Å². The molecule has 0 radical (unpaired) electrons. The van der Waals surface area contributed by atoms with E-state index in [2.05, 4.69) is 23.5 Å². The third kappa shape index (κ3) is 3.50. The molecule has 0 aromatic heterocycles. The van der Waals surface area contributed by atoms with Crippen LogP contribution in [0, 0.1) is 11.8 Å². The molecule has 1 N–H and O–H groups in total. The third-order valence-electron chi connectivity index (χ3n) is 4.73. The van der Waals surface area contributed by atoms with Crippen LogP contribution >= 0.6 is 0 Å². The van der Waals surface area contributed by atoms with Gasteiger partial charge in [0.15, 0.2) is 0 Å². The summed E-state index contributed by atoms with van der Waals surface area (Å²) in [5.74, 6) is 3.04. The summed E-state index contributed by atoms with van der Waals surface area (Å²) < 4.78 is 5.28. The smallest absolute Gasteiger partial charge is 0.119 e. The molecule has 104 valence electrons. The van der Waals surface area contributed by atoms with Crippen LogP contribution < -0.4 is 10.1 Å². The fourth-order valence-corrected chi connectivity index (χ4v) is 3.45. The van der Waals surface area contributed by atoms with Gasteiger partial charge in [0, 0.05) is 12.6 Å². The Bertz CT molecular complexity index is 413. The molecule has 2 saturated carbocycles. The van der Waals surface area contributed by atoms with Crippen molar-refractivity contribution in [3.63, 3.8) is 0 Å². The SMILES string of the molecule is COc1cccc(CNC2CCCC(C3CC3)C2)c1. The molecular weight excluding hydrogens is 234 g/mol. The summed E-state index contributed by atoms with van der Waals surface area (Å²) in [4.78, 5) is 0. The largest absolute Gasteiger partial charge is 0.497 e. The van der Waals surface area contributed by atoms with Gasteiger partial charge >= 0.3 is 0 Å². The number of rotatable bonds is 5. The molecule has 0 saturated heterocycles. The van der Waals surface area contributed by atoms with E-state index >= 15 is 0 Å². The standard InChI is InChI=1S/C17H25NO/c1-19-17-7-2-4-13(10-17)12-18-16-6-3-5-15(11-16)14-8-9-14/h2,4,7,10,14-16,18H,3,5-6,8-9,11-12H2,1H3. The van der Waals surface area contributed by atoms with Crippen molar-refractivity contribution in [1.29, 1.82) is 0 Å².